The molecule has 5 nitrogen and oxygen atoms in total. The number of amides is 2. The third-order valence-corrected chi connectivity index (χ3v) is 4.79. The predicted molar refractivity (Wildman–Crippen MR) is 111 cm³/mol. The van der Waals surface area contributed by atoms with E-state index in [-0.39, 0.29) is 17.7 Å². The number of hydrogen-bond donors (Lipinski definition) is 1. The molecule has 0 saturated heterocycles. The van der Waals surface area contributed by atoms with Crippen LogP contribution < -0.4 is 10.1 Å². The Morgan fingerprint density at radius 1 is 1.07 bits per heavy atom. The van der Waals surface area contributed by atoms with E-state index in [1.54, 1.807) is 31.1 Å². The first-order valence-electron chi connectivity index (χ1n) is 9.28. The van der Waals surface area contributed by atoms with E-state index in [9.17, 15) is 9.59 Å². The van der Waals surface area contributed by atoms with Gasteiger partial charge in [0.15, 0.2) is 0 Å². The molecular weight excluding hydrogens is 376 g/mol. The number of benzene rings is 2. The lowest BCUT2D eigenvalue weighted by molar-refractivity contribution is -0.143. The van der Waals surface area contributed by atoms with Crippen molar-refractivity contribution >= 4 is 23.4 Å². The van der Waals surface area contributed by atoms with Crippen LogP contribution in [0.25, 0.3) is 0 Å². The highest BCUT2D eigenvalue weighted by atomic mass is 35.5. The van der Waals surface area contributed by atoms with E-state index in [4.69, 9.17) is 16.3 Å². The molecule has 0 fully saturated rings. The van der Waals surface area contributed by atoms with Crippen molar-refractivity contribution in [3.63, 3.8) is 0 Å². The van der Waals surface area contributed by atoms with Crippen molar-refractivity contribution in [3.05, 3.63) is 64.7 Å². The maximum Gasteiger partial charge on any atom is 0.242 e. The summed E-state index contributed by atoms with van der Waals surface area (Å²) in [5.74, 6) is 0.215. The largest absolute Gasteiger partial charge is 0.496 e. The highest BCUT2D eigenvalue weighted by Gasteiger charge is 2.27. The summed E-state index contributed by atoms with van der Waals surface area (Å²) in [7, 11) is 1.60. The van der Waals surface area contributed by atoms with Crippen LogP contribution in [0.15, 0.2) is 48.5 Å². The van der Waals surface area contributed by atoms with E-state index < -0.39 is 6.04 Å². The van der Waals surface area contributed by atoms with Gasteiger partial charge in [0.25, 0.3) is 0 Å². The van der Waals surface area contributed by atoms with Crippen LogP contribution in [0, 0.1) is 5.92 Å². The van der Waals surface area contributed by atoms with Crippen LogP contribution in [0.5, 0.6) is 5.75 Å². The van der Waals surface area contributed by atoms with E-state index in [1.165, 1.54) is 0 Å². The minimum Gasteiger partial charge on any atom is -0.496 e. The zero-order valence-corrected chi connectivity index (χ0v) is 17.5. The van der Waals surface area contributed by atoms with Crippen molar-refractivity contribution in [2.24, 2.45) is 5.92 Å². The highest BCUT2D eigenvalue weighted by molar-refractivity contribution is 6.30. The Kier molecular flexibility index (Phi) is 7.88. The zero-order valence-electron chi connectivity index (χ0n) is 16.7. The van der Waals surface area contributed by atoms with E-state index >= 15 is 0 Å². The molecular formula is C22H27ClN2O3. The van der Waals surface area contributed by atoms with Gasteiger partial charge in [-0.15, -0.1) is 0 Å². The number of hydrogen-bond acceptors (Lipinski definition) is 3. The molecule has 0 heterocycles. The molecule has 2 aromatic rings. The Hall–Kier alpha value is -2.53. The van der Waals surface area contributed by atoms with Crippen molar-refractivity contribution in [3.8, 4) is 5.75 Å². The molecule has 0 radical (unpaired) electrons. The fourth-order valence-electron chi connectivity index (χ4n) is 2.84. The summed E-state index contributed by atoms with van der Waals surface area (Å²) >= 11 is 5.94. The number of para-hydroxylation sites is 1. The highest BCUT2D eigenvalue weighted by Crippen LogP contribution is 2.18. The third-order valence-electron chi connectivity index (χ3n) is 4.54. The Morgan fingerprint density at radius 3 is 2.32 bits per heavy atom. The monoisotopic (exact) mass is 402 g/mol. The second-order valence-corrected chi connectivity index (χ2v) is 7.39. The number of rotatable bonds is 8. The van der Waals surface area contributed by atoms with Crippen LogP contribution in [0.3, 0.4) is 0 Å². The molecule has 0 spiro atoms. The summed E-state index contributed by atoms with van der Waals surface area (Å²) in [5.41, 5.74) is 1.80. The first kappa shape index (κ1) is 21.8. The maximum atomic E-state index is 12.8. The molecule has 28 heavy (non-hydrogen) atoms. The van der Waals surface area contributed by atoms with Gasteiger partial charge in [-0.3, -0.25) is 9.59 Å². The molecule has 1 atom stereocenters. The smallest absolute Gasteiger partial charge is 0.242 e. The van der Waals surface area contributed by atoms with Gasteiger partial charge in [-0.25, -0.2) is 0 Å². The molecule has 0 aliphatic rings. The standard InChI is InChI=1S/C22H27ClN2O3/c1-15(2)22(27)25(14-17-9-11-19(23)12-10-17)16(3)21(26)24-13-18-7-5-6-8-20(18)28-4/h5-12,15-16H,13-14H2,1-4H3,(H,24,26). The van der Waals surface area contributed by atoms with Gasteiger partial charge in [-0.2, -0.15) is 0 Å². The molecule has 1 N–H and O–H groups in total. The minimum atomic E-state index is -0.611. The SMILES string of the molecule is COc1ccccc1CNC(=O)C(C)N(Cc1ccc(Cl)cc1)C(=O)C(C)C. The molecule has 0 bridgehead atoms. The molecule has 6 heteroatoms. The number of nitrogens with one attached hydrogen (secondary N) is 1. The van der Waals surface area contributed by atoms with Gasteiger partial charge in [-0.1, -0.05) is 55.8 Å². The van der Waals surface area contributed by atoms with Crippen LogP contribution in [-0.2, 0) is 22.7 Å². The van der Waals surface area contributed by atoms with Crippen molar-refractivity contribution in [2.45, 2.75) is 39.9 Å². The van der Waals surface area contributed by atoms with Crippen molar-refractivity contribution in [1.29, 1.82) is 0 Å². The molecule has 1 unspecified atom stereocenters. The van der Waals surface area contributed by atoms with Crippen molar-refractivity contribution < 1.29 is 14.3 Å². The van der Waals surface area contributed by atoms with Gasteiger partial charge < -0.3 is 15.0 Å². The summed E-state index contributed by atoms with van der Waals surface area (Å²) in [4.78, 5) is 27.1. The van der Waals surface area contributed by atoms with Crippen LogP contribution >= 0.6 is 11.6 Å². The Labute approximate surface area is 171 Å². The second kappa shape index (κ2) is 10.1. The quantitative estimate of drug-likeness (QED) is 0.725. The van der Waals surface area contributed by atoms with Gasteiger partial charge >= 0.3 is 0 Å². The second-order valence-electron chi connectivity index (χ2n) is 6.95. The van der Waals surface area contributed by atoms with E-state index in [1.807, 2.05) is 50.2 Å². The van der Waals surface area contributed by atoms with Crippen LogP contribution in [-0.4, -0.2) is 29.9 Å². The lowest BCUT2D eigenvalue weighted by Gasteiger charge is -2.30. The lowest BCUT2D eigenvalue weighted by atomic mass is 10.1. The average molecular weight is 403 g/mol. The number of carbonyl (C=O) groups is 2. The molecule has 0 aliphatic carbocycles. The van der Waals surface area contributed by atoms with Crippen molar-refractivity contribution in [1.82, 2.24) is 10.2 Å². The van der Waals surface area contributed by atoms with Gasteiger partial charge in [0, 0.05) is 29.6 Å². The van der Waals surface area contributed by atoms with Gasteiger partial charge in [0.05, 0.1) is 7.11 Å². The Balaban J connectivity index is 2.11. The molecule has 0 saturated carbocycles. The summed E-state index contributed by atoms with van der Waals surface area (Å²) < 4.78 is 5.32. The topological polar surface area (TPSA) is 58.6 Å². The van der Waals surface area contributed by atoms with E-state index in [0.717, 1.165) is 11.1 Å². The van der Waals surface area contributed by atoms with Gasteiger partial charge in [0.1, 0.15) is 11.8 Å². The van der Waals surface area contributed by atoms with Crippen LogP contribution in [0.4, 0.5) is 0 Å². The summed E-state index contributed by atoms with van der Waals surface area (Å²) in [6.45, 7) is 6.08. The Morgan fingerprint density at radius 2 is 1.71 bits per heavy atom. The fraction of sp³-hybridized carbons (Fsp3) is 0.364. The predicted octanol–water partition coefficient (Wildman–Crippen LogP) is 4.04. The minimum absolute atomic E-state index is 0.0742. The van der Waals surface area contributed by atoms with Gasteiger partial charge in [0.2, 0.25) is 11.8 Å². The number of ether oxygens (including phenoxy) is 1. The first-order chi connectivity index (χ1) is 13.3. The number of halogens is 1. The maximum absolute atomic E-state index is 12.8. The molecule has 150 valence electrons. The lowest BCUT2D eigenvalue weighted by Crippen LogP contribution is -2.48. The van der Waals surface area contributed by atoms with Gasteiger partial charge in [-0.05, 0) is 30.7 Å². The summed E-state index contributed by atoms with van der Waals surface area (Å²) in [6, 6.07) is 14.2. The molecule has 2 rings (SSSR count). The first-order valence-corrected chi connectivity index (χ1v) is 9.65. The molecule has 2 amide bonds. The summed E-state index contributed by atoms with van der Waals surface area (Å²) in [5, 5.41) is 3.54. The van der Waals surface area contributed by atoms with Crippen LogP contribution in [0.2, 0.25) is 5.02 Å². The fourth-order valence-corrected chi connectivity index (χ4v) is 2.97. The summed E-state index contributed by atoms with van der Waals surface area (Å²) in [6.07, 6.45) is 0. The zero-order chi connectivity index (χ0) is 20.7. The Bertz CT molecular complexity index is 806. The molecule has 0 aromatic heterocycles. The molecule has 0 aliphatic heterocycles. The number of nitrogens with zero attached hydrogens (tertiary/aromatic N) is 1. The van der Waals surface area contributed by atoms with Crippen LogP contribution in [0.1, 0.15) is 31.9 Å². The average Bonchev–Trinajstić information content (AvgIpc) is 2.70. The van der Waals surface area contributed by atoms with Crippen molar-refractivity contribution in [2.75, 3.05) is 7.11 Å². The third kappa shape index (κ3) is 5.73. The van der Waals surface area contributed by atoms with E-state index in [2.05, 4.69) is 5.32 Å². The normalized spacial score (nSPS) is 11.8. The van der Waals surface area contributed by atoms with E-state index in [0.29, 0.717) is 23.9 Å². The molecule has 2 aromatic carbocycles. The number of carbonyl (C=O) groups excluding carboxylic acids is 2. The number of methoxy groups -OCH3 is 1.